The fourth-order valence-corrected chi connectivity index (χ4v) is 23.3. The molecular weight excluding hydrogens is 1130 g/mol. The standard InChI is InChI=1S/C88H148OSi2/c1-25-33-41-61-81(9,10)69-53-49-57-73(77(69)85(17,18)65-45-37-29-5)90(74-58-50-54-70(82(11,12)62-42-34-26-2)78(74)86(19,20)66-46-38-30-6)89-91(75-59-51-55-71(83(13,14)63-43-35-27-3)79(75)87(21,22)67-47-39-31-7)76-60-52-56-72(84(15,16)64-44-36-28-4)80(76)88(23,24)68-48-40-32-8/h49-60H,25-48,61-68H2,1-24H3. The molecule has 0 saturated heterocycles. The monoisotopic (exact) mass is 1280 g/mol. The maximum Gasteiger partial charge on any atom is 0.273 e. The largest absolute Gasteiger partial charge is 0.442 e. The number of benzene rings is 4. The van der Waals surface area contributed by atoms with Crippen LogP contribution in [-0.2, 0) is 47.4 Å². The summed E-state index contributed by atoms with van der Waals surface area (Å²) in [4.78, 5) is 0. The van der Waals surface area contributed by atoms with Crippen molar-refractivity contribution in [3.8, 4) is 0 Å². The van der Waals surface area contributed by atoms with E-state index in [-0.39, 0.29) is 43.3 Å². The predicted octanol–water partition coefficient (Wildman–Crippen LogP) is 25.5. The van der Waals surface area contributed by atoms with Gasteiger partial charge in [-0.3, -0.25) is 0 Å². The van der Waals surface area contributed by atoms with Gasteiger partial charge >= 0.3 is 0 Å². The fraction of sp³-hybridized carbons (Fsp3) is 0.727. The molecule has 2 radical (unpaired) electrons. The molecule has 1 nitrogen and oxygen atoms in total. The van der Waals surface area contributed by atoms with Crippen LogP contribution in [0.1, 0.15) is 416 Å². The Labute approximate surface area is 571 Å². The molecule has 0 unspecified atom stereocenters. The second kappa shape index (κ2) is 37.1. The Balaban J connectivity index is 2.59. The molecule has 0 fully saturated rings. The van der Waals surface area contributed by atoms with Crippen LogP contribution in [-0.4, -0.2) is 18.1 Å². The molecule has 0 bridgehead atoms. The third-order valence-electron chi connectivity index (χ3n) is 22.3. The van der Waals surface area contributed by atoms with Gasteiger partial charge in [0.05, 0.1) is 0 Å². The molecule has 0 atom stereocenters. The summed E-state index contributed by atoms with van der Waals surface area (Å²) in [5.74, 6) is 0. The molecule has 91 heavy (non-hydrogen) atoms. The summed E-state index contributed by atoms with van der Waals surface area (Å²) in [6.45, 7) is 61.2. The van der Waals surface area contributed by atoms with Crippen molar-refractivity contribution in [3.05, 3.63) is 117 Å². The Morgan fingerprint density at radius 3 is 0.527 bits per heavy atom. The van der Waals surface area contributed by atoms with Gasteiger partial charge in [0, 0.05) is 0 Å². The second-order valence-corrected chi connectivity index (χ2v) is 38.7. The average molecular weight is 1280 g/mol. The molecule has 0 heterocycles. The van der Waals surface area contributed by atoms with E-state index in [4.69, 9.17) is 0 Å². The third kappa shape index (κ3) is 22.1. The summed E-state index contributed by atoms with van der Waals surface area (Å²) in [6.07, 6.45) is 39.4. The molecular formula is C88H148OSi2. The highest BCUT2D eigenvalue weighted by molar-refractivity contribution is 6.92. The van der Waals surface area contributed by atoms with Crippen molar-refractivity contribution < 1.29 is 4.12 Å². The zero-order valence-corrected chi connectivity index (χ0v) is 67.0. The minimum absolute atomic E-state index is 0.0184. The van der Waals surface area contributed by atoms with Gasteiger partial charge < -0.3 is 4.12 Å². The molecule has 0 aliphatic heterocycles. The van der Waals surface area contributed by atoms with Crippen molar-refractivity contribution in [3.63, 3.8) is 0 Å². The topological polar surface area (TPSA) is 9.23 Å². The van der Waals surface area contributed by atoms with Crippen molar-refractivity contribution in [2.75, 3.05) is 0 Å². The Morgan fingerprint density at radius 1 is 0.220 bits per heavy atom. The van der Waals surface area contributed by atoms with Crippen molar-refractivity contribution in [2.45, 2.75) is 415 Å². The highest BCUT2D eigenvalue weighted by Gasteiger charge is 2.46. The molecule has 0 amide bonds. The van der Waals surface area contributed by atoms with E-state index in [1.807, 2.05) is 0 Å². The Bertz CT molecular complexity index is 2350. The first kappa shape index (κ1) is 80.7. The predicted molar refractivity (Wildman–Crippen MR) is 414 cm³/mol. The van der Waals surface area contributed by atoms with Gasteiger partial charge in [0.25, 0.3) is 18.1 Å². The van der Waals surface area contributed by atoms with Crippen molar-refractivity contribution in [2.24, 2.45) is 0 Å². The van der Waals surface area contributed by atoms with Crippen LogP contribution in [0.25, 0.3) is 0 Å². The summed E-state index contributed by atoms with van der Waals surface area (Å²) in [6, 6.07) is 31.1. The SMILES string of the molecule is CCCCCC(C)(C)c1cccc([Si](O[Si](c2cccc(C(C)(C)CCCCC)c2C(C)(C)CCCCC)c2cccc(C(C)(C)CCCCC)c2C(C)(C)CCCCC)c2cccc(C(C)(C)CCCCC)c2C(C)(C)CCCCC)c1C(C)(C)CCCCC. The van der Waals surface area contributed by atoms with Crippen LogP contribution >= 0.6 is 0 Å². The molecule has 0 aromatic heterocycles. The molecule has 4 rings (SSSR count). The molecule has 0 aliphatic carbocycles. The minimum Gasteiger partial charge on any atom is -0.442 e. The van der Waals surface area contributed by atoms with Gasteiger partial charge in [-0.2, -0.15) is 0 Å². The molecule has 3 heteroatoms. The second-order valence-electron chi connectivity index (χ2n) is 34.4. The van der Waals surface area contributed by atoms with E-state index in [1.165, 1.54) is 226 Å². The van der Waals surface area contributed by atoms with Crippen molar-refractivity contribution >= 4 is 38.8 Å². The van der Waals surface area contributed by atoms with Crippen LogP contribution in [0.2, 0.25) is 0 Å². The van der Waals surface area contributed by atoms with Gasteiger partial charge in [-0.25, -0.2) is 0 Å². The number of rotatable bonds is 46. The Morgan fingerprint density at radius 2 is 0.374 bits per heavy atom. The molecule has 514 valence electrons. The molecule has 4 aromatic carbocycles. The maximum atomic E-state index is 9.51. The van der Waals surface area contributed by atoms with Gasteiger partial charge in [0.2, 0.25) is 0 Å². The van der Waals surface area contributed by atoms with Crippen LogP contribution in [0.3, 0.4) is 0 Å². The van der Waals surface area contributed by atoms with E-state index >= 15 is 0 Å². The summed E-state index contributed by atoms with van der Waals surface area (Å²) in [7, 11) is -4.28. The van der Waals surface area contributed by atoms with Gasteiger partial charge in [0.15, 0.2) is 0 Å². The van der Waals surface area contributed by atoms with E-state index in [9.17, 15) is 4.12 Å². The lowest BCUT2D eigenvalue weighted by Crippen LogP contribution is -2.61. The fourth-order valence-electron chi connectivity index (χ4n) is 16.3. The van der Waals surface area contributed by atoms with E-state index in [0.717, 1.165) is 0 Å². The third-order valence-corrected chi connectivity index (χ3v) is 27.6. The molecule has 0 aliphatic rings. The van der Waals surface area contributed by atoms with E-state index in [2.05, 4.69) is 239 Å². The number of hydrogen-bond acceptors (Lipinski definition) is 1. The Kier molecular flexibility index (Phi) is 32.9. The Hall–Kier alpha value is -2.73. The van der Waals surface area contributed by atoms with Crippen LogP contribution in [0.5, 0.6) is 0 Å². The van der Waals surface area contributed by atoms with Crippen LogP contribution in [0, 0.1) is 0 Å². The van der Waals surface area contributed by atoms with Crippen LogP contribution in [0.15, 0.2) is 72.8 Å². The smallest absolute Gasteiger partial charge is 0.273 e. The maximum absolute atomic E-state index is 9.51. The van der Waals surface area contributed by atoms with Gasteiger partial charge in [-0.05, 0) is 160 Å². The zero-order valence-electron chi connectivity index (χ0n) is 65.0. The molecule has 4 aromatic rings. The highest BCUT2D eigenvalue weighted by Crippen LogP contribution is 2.45. The lowest BCUT2D eigenvalue weighted by atomic mass is 9.70. The summed E-state index contributed by atoms with van der Waals surface area (Å²) < 4.78 is 9.51. The van der Waals surface area contributed by atoms with Crippen molar-refractivity contribution in [1.82, 2.24) is 0 Å². The summed E-state index contributed by atoms with van der Waals surface area (Å²) in [5, 5.41) is 6.12. The van der Waals surface area contributed by atoms with Crippen LogP contribution < -0.4 is 20.7 Å². The highest BCUT2D eigenvalue weighted by atomic mass is 28.4. The molecule has 0 spiro atoms. The zero-order chi connectivity index (χ0) is 67.9. The molecule has 0 saturated carbocycles. The minimum atomic E-state index is -2.14. The first-order chi connectivity index (χ1) is 42.9. The quantitative estimate of drug-likeness (QED) is 0.0316. The van der Waals surface area contributed by atoms with E-state index < -0.39 is 18.1 Å². The van der Waals surface area contributed by atoms with E-state index in [0.29, 0.717) is 0 Å². The van der Waals surface area contributed by atoms with Crippen molar-refractivity contribution in [1.29, 1.82) is 0 Å². The van der Waals surface area contributed by atoms with Gasteiger partial charge in [0.1, 0.15) is 0 Å². The van der Waals surface area contributed by atoms with Crippen LogP contribution in [0.4, 0.5) is 0 Å². The van der Waals surface area contributed by atoms with E-state index in [1.54, 1.807) is 44.5 Å². The lowest BCUT2D eigenvalue weighted by Gasteiger charge is -2.43. The summed E-state index contributed by atoms with van der Waals surface area (Å²) >= 11 is 0. The number of unbranched alkanes of at least 4 members (excludes halogenated alkanes) is 16. The normalized spacial score (nSPS) is 13.4. The lowest BCUT2D eigenvalue weighted by molar-refractivity contribution is 0.409. The number of hydrogen-bond donors (Lipinski definition) is 0. The first-order valence-electron chi connectivity index (χ1n) is 38.9. The first-order valence-corrected chi connectivity index (χ1v) is 41.7. The average Bonchev–Trinajstić information content (AvgIpc) is 1.18. The van der Waals surface area contributed by atoms with Gasteiger partial charge in [-0.1, -0.05) is 393 Å². The summed E-state index contributed by atoms with van der Waals surface area (Å²) in [5.41, 5.74) is 12.3. The molecule has 0 N–H and O–H groups in total. The van der Waals surface area contributed by atoms with Gasteiger partial charge in [-0.15, -0.1) is 0 Å².